The van der Waals surface area contributed by atoms with Gasteiger partial charge in [-0.25, -0.2) is 8.42 Å². The average molecular weight is 411 g/mol. The van der Waals surface area contributed by atoms with Gasteiger partial charge >= 0.3 is 0 Å². The zero-order chi connectivity index (χ0) is 21.1. The van der Waals surface area contributed by atoms with Gasteiger partial charge in [0.1, 0.15) is 0 Å². The number of carbonyl (C=O) groups is 1. The Kier molecular flexibility index (Phi) is 7.65. The first kappa shape index (κ1) is 22.8. The SMILES string of the molecule is CC(C)c1ccc(S(=O)(=O)N2CC[NH+](CC(=O)N(C(C)C)C(C)C)CC2)cc1. The molecule has 158 valence electrons. The minimum absolute atomic E-state index is 0.139. The van der Waals surface area contributed by atoms with Gasteiger partial charge in [0.15, 0.2) is 6.54 Å². The van der Waals surface area contributed by atoms with Gasteiger partial charge in [-0.3, -0.25) is 4.79 Å². The number of carbonyl (C=O) groups excluding carboxylic acids is 1. The molecule has 0 atom stereocenters. The molecule has 1 heterocycles. The van der Waals surface area contributed by atoms with Crippen molar-refractivity contribution < 1.29 is 18.1 Å². The Labute approximate surface area is 170 Å². The molecule has 1 aromatic carbocycles. The number of hydrogen-bond acceptors (Lipinski definition) is 3. The lowest BCUT2D eigenvalue weighted by molar-refractivity contribution is -0.896. The summed E-state index contributed by atoms with van der Waals surface area (Å²) in [5.74, 6) is 0.512. The van der Waals surface area contributed by atoms with Crippen LogP contribution in [0.2, 0.25) is 0 Å². The summed E-state index contributed by atoms with van der Waals surface area (Å²) in [7, 11) is -3.47. The summed E-state index contributed by atoms with van der Waals surface area (Å²) < 4.78 is 27.4. The fourth-order valence-corrected chi connectivity index (χ4v) is 5.31. The van der Waals surface area contributed by atoms with E-state index in [0.29, 0.717) is 43.5 Å². The maximum Gasteiger partial charge on any atom is 0.278 e. The molecular formula is C21H36N3O3S+. The minimum Gasteiger partial charge on any atom is -0.333 e. The number of piperazine rings is 1. The predicted octanol–water partition coefficient (Wildman–Crippen LogP) is 1.34. The van der Waals surface area contributed by atoms with Gasteiger partial charge in [0.2, 0.25) is 10.0 Å². The lowest BCUT2D eigenvalue weighted by atomic mass is 10.0. The Morgan fingerprint density at radius 3 is 1.93 bits per heavy atom. The Balaban J connectivity index is 1.98. The highest BCUT2D eigenvalue weighted by molar-refractivity contribution is 7.89. The first-order valence-corrected chi connectivity index (χ1v) is 11.7. The van der Waals surface area contributed by atoms with Crippen LogP contribution < -0.4 is 4.90 Å². The molecule has 0 bridgehead atoms. The van der Waals surface area contributed by atoms with Crippen molar-refractivity contribution in [1.82, 2.24) is 9.21 Å². The van der Waals surface area contributed by atoms with Crippen molar-refractivity contribution in [2.45, 2.75) is 64.4 Å². The molecule has 0 aliphatic carbocycles. The molecule has 0 radical (unpaired) electrons. The number of nitrogens with one attached hydrogen (secondary N) is 1. The van der Waals surface area contributed by atoms with Crippen LogP contribution in [0, 0.1) is 0 Å². The highest BCUT2D eigenvalue weighted by Gasteiger charge is 2.32. The van der Waals surface area contributed by atoms with E-state index in [1.807, 2.05) is 44.7 Å². The molecule has 7 heteroatoms. The van der Waals surface area contributed by atoms with E-state index in [1.54, 1.807) is 16.4 Å². The van der Waals surface area contributed by atoms with E-state index in [1.165, 1.54) is 0 Å². The monoisotopic (exact) mass is 410 g/mol. The van der Waals surface area contributed by atoms with Crippen molar-refractivity contribution in [1.29, 1.82) is 0 Å². The van der Waals surface area contributed by atoms with E-state index in [-0.39, 0.29) is 18.0 Å². The third-order valence-corrected chi connectivity index (χ3v) is 7.33. The quantitative estimate of drug-likeness (QED) is 0.738. The van der Waals surface area contributed by atoms with Crippen molar-refractivity contribution >= 4 is 15.9 Å². The summed E-state index contributed by atoms with van der Waals surface area (Å²) in [4.78, 5) is 16.1. The lowest BCUT2D eigenvalue weighted by Gasteiger charge is -2.35. The predicted molar refractivity (Wildman–Crippen MR) is 112 cm³/mol. The molecule has 0 aromatic heterocycles. The number of benzene rings is 1. The molecule has 0 saturated carbocycles. The molecular weight excluding hydrogens is 374 g/mol. The van der Waals surface area contributed by atoms with Crippen LogP contribution in [0.3, 0.4) is 0 Å². The van der Waals surface area contributed by atoms with Crippen LogP contribution in [-0.2, 0) is 14.8 Å². The van der Waals surface area contributed by atoms with Crippen LogP contribution in [0.1, 0.15) is 53.0 Å². The Bertz CT molecular complexity index is 742. The van der Waals surface area contributed by atoms with Crippen LogP contribution in [0.5, 0.6) is 0 Å². The largest absolute Gasteiger partial charge is 0.333 e. The third-order valence-electron chi connectivity index (χ3n) is 5.42. The van der Waals surface area contributed by atoms with Crippen LogP contribution in [0.25, 0.3) is 0 Å². The number of hydrogen-bond donors (Lipinski definition) is 1. The van der Waals surface area contributed by atoms with Crippen molar-refractivity contribution in [3.05, 3.63) is 29.8 Å². The molecule has 1 aliphatic rings. The van der Waals surface area contributed by atoms with Gasteiger partial charge in [0.25, 0.3) is 5.91 Å². The van der Waals surface area contributed by atoms with Crippen LogP contribution in [0.4, 0.5) is 0 Å². The first-order valence-electron chi connectivity index (χ1n) is 10.3. The number of sulfonamides is 1. The molecule has 1 aliphatic heterocycles. The van der Waals surface area contributed by atoms with E-state index in [2.05, 4.69) is 13.8 Å². The molecule has 2 rings (SSSR count). The normalized spacial score (nSPS) is 16.9. The van der Waals surface area contributed by atoms with Crippen molar-refractivity contribution in [2.75, 3.05) is 32.7 Å². The molecule has 1 aromatic rings. The second-order valence-electron chi connectivity index (χ2n) is 8.54. The average Bonchev–Trinajstić information content (AvgIpc) is 2.61. The van der Waals surface area contributed by atoms with Gasteiger partial charge in [-0.1, -0.05) is 26.0 Å². The minimum atomic E-state index is -3.47. The smallest absolute Gasteiger partial charge is 0.278 e. The molecule has 6 nitrogen and oxygen atoms in total. The maximum atomic E-state index is 12.9. The topological polar surface area (TPSA) is 62.1 Å². The second-order valence-corrected chi connectivity index (χ2v) is 10.5. The molecule has 1 fully saturated rings. The van der Waals surface area contributed by atoms with E-state index < -0.39 is 10.0 Å². The molecule has 1 amide bonds. The zero-order valence-corrected chi connectivity index (χ0v) is 18.9. The van der Waals surface area contributed by atoms with Crippen LogP contribution in [0.15, 0.2) is 29.2 Å². The number of rotatable bonds is 7. The highest BCUT2D eigenvalue weighted by Crippen LogP contribution is 2.20. The highest BCUT2D eigenvalue weighted by atomic mass is 32.2. The molecule has 1 saturated heterocycles. The Morgan fingerprint density at radius 1 is 1.00 bits per heavy atom. The zero-order valence-electron chi connectivity index (χ0n) is 18.1. The van der Waals surface area contributed by atoms with Crippen LogP contribution in [-0.4, -0.2) is 68.3 Å². The first-order chi connectivity index (χ1) is 13.0. The number of quaternary nitrogens is 1. The standard InChI is InChI=1S/C21H35N3O3S/c1-16(2)19-7-9-20(10-8-19)28(26,27)23-13-11-22(12-14-23)15-21(25)24(17(3)4)18(5)6/h7-10,16-18H,11-15H2,1-6H3/p+1. The van der Waals surface area contributed by atoms with Crippen molar-refractivity contribution in [2.24, 2.45) is 0 Å². The van der Waals surface area contributed by atoms with E-state index >= 15 is 0 Å². The number of amides is 1. The third kappa shape index (κ3) is 5.33. The maximum absolute atomic E-state index is 12.9. The molecule has 1 N–H and O–H groups in total. The van der Waals surface area contributed by atoms with Gasteiger partial charge in [0.05, 0.1) is 31.1 Å². The van der Waals surface area contributed by atoms with Gasteiger partial charge in [0, 0.05) is 12.1 Å². The summed E-state index contributed by atoms with van der Waals surface area (Å²) in [5, 5.41) is 0. The fourth-order valence-electron chi connectivity index (χ4n) is 3.87. The summed E-state index contributed by atoms with van der Waals surface area (Å²) >= 11 is 0. The molecule has 0 unspecified atom stereocenters. The summed E-state index contributed by atoms with van der Waals surface area (Å²) in [6.07, 6.45) is 0. The van der Waals surface area contributed by atoms with Crippen molar-refractivity contribution in [3.63, 3.8) is 0 Å². The van der Waals surface area contributed by atoms with Gasteiger partial charge in [-0.05, 0) is 51.3 Å². The summed E-state index contributed by atoms with van der Waals surface area (Å²) in [6.45, 7) is 14.9. The number of nitrogens with zero attached hydrogens (tertiary/aromatic N) is 2. The van der Waals surface area contributed by atoms with E-state index in [0.717, 1.165) is 10.5 Å². The summed E-state index contributed by atoms with van der Waals surface area (Å²) in [5.41, 5.74) is 1.13. The van der Waals surface area contributed by atoms with Crippen molar-refractivity contribution in [3.8, 4) is 0 Å². The van der Waals surface area contributed by atoms with E-state index in [9.17, 15) is 13.2 Å². The van der Waals surface area contributed by atoms with E-state index in [4.69, 9.17) is 0 Å². The fraction of sp³-hybridized carbons (Fsp3) is 0.667. The summed E-state index contributed by atoms with van der Waals surface area (Å²) in [6, 6.07) is 7.53. The van der Waals surface area contributed by atoms with Crippen LogP contribution >= 0.6 is 0 Å². The Hall–Kier alpha value is -1.44. The lowest BCUT2D eigenvalue weighted by Crippen LogP contribution is -3.15. The molecule has 0 spiro atoms. The van der Waals surface area contributed by atoms with Gasteiger partial charge in [-0.2, -0.15) is 4.31 Å². The Morgan fingerprint density at radius 2 is 1.50 bits per heavy atom. The molecule has 28 heavy (non-hydrogen) atoms. The van der Waals surface area contributed by atoms with Gasteiger partial charge in [-0.15, -0.1) is 0 Å². The second kappa shape index (κ2) is 9.37. The van der Waals surface area contributed by atoms with Gasteiger partial charge < -0.3 is 9.80 Å².